The molecule has 3 N–H and O–H groups in total. The number of nitrogens with one attached hydrogen (secondary N) is 1. The summed E-state index contributed by atoms with van der Waals surface area (Å²) in [6, 6.07) is 6.73. The number of hydrogen-bond acceptors (Lipinski definition) is 4. The molecule has 84 valence electrons. The van der Waals surface area contributed by atoms with Crippen molar-refractivity contribution in [2.24, 2.45) is 5.73 Å². The van der Waals surface area contributed by atoms with Crippen LogP contribution in [0.4, 0.5) is 0 Å². The second-order valence-electron chi connectivity index (χ2n) is 3.02. The zero-order chi connectivity index (χ0) is 12.1. The molecule has 5 heteroatoms. The van der Waals surface area contributed by atoms with Crippen molar-refractivity contribution in [3.8, 4) is 5.75 Å². The number of hydrogen-bond donors (Lipinski definition) is 2. The van der Waals surface area contributed by atoms with Crippen LogP contribution < -0.4 is 10.5 Å². The molecule has 0 radical (unpaired) electrons. The zero-order valence-electron chi connectivity index (χ0n) is 8.66. The quantitative estimate of drug-likeness (QED) is 0.507. The normalized spacial score (nSPS) is 11.6. The van der Waals surface area contributed by atoms with Crippen LogP contribution in [-0.4, -0.2) is 12.2 Å². The maximum Gasteiger partial charge on any atom is 0.308 e. The van der Waals surface area contributed by atoms with Crippen LogP contribution in [0.3, 0.4) is 0 Å². The molecule has 0 aliphatic rings. The molecule has 0 aromatic heterocycles. The van der Waals surface area contributed by atoms with E-state index in [0.717, 1.165) is 11.8 Å². The molecule has 1 aromatic rings. The smallest absolute Gasteiger partial charge is 0.308 e. The predicted octanol–water partition coefficient (Wildman–Crippen LogP) is 2.28. The van der Waals surface area contributed by atoms with Gasteiger partial charge in [-0.2, -0.15) is 0 Å². The zero-order valence-corrected chi connectivity index (χ0v) is 10.2. The fourth-order valence-corrected chi connectivity index (χ4v) is 1.31. The van der Waals surface area contributed by atoms with E-state index < -0.39 is 0 Å². The van der Waals surface area contributed by atoms with Crippen molar-refractivity contribution >= 4 is 33.8 Å². The summed E-state index contributed by atoms with van der Waals surface area (Å²) in [5.74, 6) is 0.104. The summed E-state index contributed by atoms with van der Waals surface area (Å²) in [4.78, 5) is 10.7. The average molecular weight is 283 g/mol. The molecule has 0 aliphatic heterocycles. The van der Waals surface area contributed by atoms with Crippen molar-refractivity contribution in [3.63, 3.8) is 0 Å². The molecule has 0 aliphatic carbocycles. The fraction of sp³-hybridized carbons (Fsp3) is 0.0909. The van der Waals surface area contributed by atoms with Crippen LogP contribution in [0.2, 0.25) is 0 Å². The highest BCUT2D eigenvalue weighted by molar-refractivity contribution is 9.12. The van der Waals surface area contributed by atoms with Gasteiger partial charge in [0, 0.05) is 13.1 Å². The van der Waals surface area contributed by atoms with Gasteiger partial charge in [0.2, 0.25) is 0 Å². The van der Waals surface area contributed by atoms with Crippen molar-refractivity contribution in [2.45, 2.75) is 6.92 Å². The van der Waals surface area contributed by atoms with Crippen LogP contribution >= 0.6 is 15.9 Å². The van der Waals surface area contributed by atoms with Crippen LogP contribution in [0, 0.1) is 5.41 Å². The van der Waals surface area contributed by atoms with Gasteiger partial charge in [0.05, 0.1) is 10.2 Å². The number of halogens is 1. The summed E-state index contributed by atoms with van der Waals surface area (Å²) in [7, 11) is 0. The Labute approximate surface area is 102 Å². The Morgan fingerprint density at radius 1 is 1.44 bits per heavy atom. The van der Waals surface area contributed by atoms with Gasteiger partial charge in [0.1, 0.15) is 5.75 Å². The topological polar surface area (TPSA) is 76.2 Å². The SMILES string of the molecule is CC(=O)Oc1ccc(C(N)=C(Br)C=N)cc1. The third-order valence-electron chi connectivity index (χ3n) is 1.81. The number of nitrogens with two attached hydrogens (primary N) is 1. The number of esters is 1. The van der Waals surface area contributed by atoms with Gasteiger partial charge >= 0.3 is 5.97 Å². The van der Waals surface area contributed by atoms with Crippen LogP contribution in [0.1, 0.15) is 12.5 Å². The van der Waals surface area contributed by atoms with E-state index in [4.69, 9.17) is 15.9 Å². The van der Waals surface area contributed by atoms with Gasteiger partial charge in [0.15, 0.2) is 0 Å². The Morgan fingerprint density at radius 2 is 2.00 bits per heavy atom. The van der Waals surface area contributed by atoms with Crippen molar-refractivity contribution in [1.82, 2.24) is 0 Å². The molecule has 0 unspecified atom stereocenters. The maximum atomic E-state index is 10.7. The van der Waals surface area contributed by atoms with Gasteiger partial charge in [-0.05, 0) is 45.8 Å². The van der Waals surface area contributed by atoms with Crippen molar-refractivity contribution < 1.29 is 9.53 Å². The van der Waals surface area contributed by atoms with Gasteiger partial charge in [-0.1, -0.05) is 0 Å². The Balaban J connectivity index is 2.95. The molecular formula is C11H11BrN2O2. The molecule has 0 fully saturated rings. The number of carbonyl (C=O) groups is 1. The van der Waals surface area contributed by atoms with Crippen LogP contribution in [0.15, 0.2) is 28.7 Å². The Hall–Kier alpha value is -1.62. The largest absolute Gasteiger partial charge is 0.427 e. The fourth-order valence-electron chi connectivity index (χ4n) is 1.08. The van der Waals surface area contributed by atoms with Crippen molar-refractivity contribution in [2.75, 3.05) is 0 Å². The Kier molecular flexibility index (Phi) is 4.25. The van der Waals surface area contributed by atoms with Crippen LogP contribution in [0.25, 0.3) is 5.70 Å². The van der Waals surface area contributed by atoms with Crippen LogP contribution in [-0.2, 0) is 4.79 Å². The van der Waals surface area contributed by atoms with E-state index in [2.05, 4.69) is 15.9 Å². The molecule has 0 amide bonds. The molecule has 0 heterocycles. The summed E-state index contributed by atoms with van der Waals surface area (Å²) in [5, 5.41) is 7.04. The van der Waals surface area contributed by atoms with Gasteiger partial charge in [-0.3, -0.25) is 4.79 Å². The Bertz CT molecular complexity index is 438. The molecular weight excluding hydrogens is 272 g/mol. The van der Waals surface area contributed by atoms with Gasteiger partial charge < -0.3 is 15.9 Å². The van der Waals surface area contributed by atoms with Crippen molar-refractivity contribution in [1.29, 1.82) is 5.41 Å². The molecule has 0 saturated carbocycles. The minimum Gasteiger partial charge on any atom is -0.427 e. The first-order valence-electron chi connectivity index (χ1n) is 4.49. The third-order valence-corrected chi connectivity index (χ3v) is 2.47. The van der Waals surface area contributed by atoms with Crippen molar-refractivity contribution in [3.05, 3.63) is 34.3 Å². The van der Waals surface area contributed by atoms with Gasteiger partial charge in [-0.15, -0.1) is 0 Å². The van der Waals surface area contributed by atoms with Gasteiger partial charge in [-0.25, -0.2) is 0 Å². The molecule has 1 aromatic carbocycles. The van der Waals surface area contributed by atoms with E-state index in [9.17, 15) is 4.79 Å². The molecule has 0 atom stereocenters. The number of benzene rings is 1. The number of allylic oxidation sites excluding steroid dienone is 1. The molecule has 0 saturated heterocycles. The highest BCUT2D eigenvalue weighted by atomic mass is 79.9. The molecule has 4 nitrogen and oxygen atoms in total. The summed E-state index contributed by atoms with van der Waals surface area (Å²) in [5.41, 5.74) is 6.99. The predicted molar refractivity (Wildman–Crippen MR) is 66.6 cm³/mol. The maximum absolute atomic E-state index is 10.7. The van der Waals surface area contributed by atoms with E-state index in [-0.39, 0.29) is 5.97 Å². The molecule has 16 heavy (non-hydrogen) atoms. The minimum absolute atomic E-state index is 0.364. The highest BCUT2D eigenvalue weighted by Gasteiger charge is 2.02. The van der Waals surface area contributed by atoms with E-state index in [1.165, 1.54) is 6.92 Å². The lowest BCUT2D eigenvalue weighted by Crippen LogP contribution is -2.02. The van der Waals surface area contributed by atoms with E-state index in [1.807, 2.05) is 0 Å². The van der Waals surface area contributed by atoms with Gasteiger partial charge in [0.25, 0.3) is 0 Å². The highest BCUT2D eigenvalue weighted by Crippen LogP contribution is 2.19. The van der Waals surface area contributed by atoms with E-state index >= 15 is 0 Å². The summed E-state index contributed by atoms with van der Waals surface area (Å²) < 4.78 is 5.39. The second-order valence-corrected chi connectivity index (χ2v) is 3.88. The summed E-state index contributed by atoms with van der Waals surface area (Å²) in [6.07, 6.45) is 1.12. The molecule has 1 rings (SSSR count). The lowest BCUT2D eigenvalue weighted by Gasteiger charge is -2.05. The second kappa shape index (κ2) is 5.46. The van der Waals surface area contributed by atoms with E-state index in [0.29, 0.717) is 15.9 Å². The first kappa shape index (κ1) is 12.4. The number of rotatable bonds is 3. The number of ether oxygens (including phenoxy) is 1. The minimum atomic E-state index is -0.364. The first-order valence-corrected chi connectivity index (χ1v) is 5.28. The van der Waals surface area contributed by atoms with E-state index in [1.54, 1.807) is 24.3 Å². The summed E-state index contributed by atoms with van der Waals surface area (Å²) >= 11 is 3.16. The number of carbonyl (C=O) groups excluding carboxylic acids is 1. The first-order chi connectivity index (χ1) is 7.54. The van der Waals surface area contributed by atoms with Crippen LogP contribution in [0.5, 0.6) is 5.75 Å². The lowest BCUT2D eigenvalue weighted by atomic mass is 10.1. The lowest BCUT2D eigenvalue weighted by molar-refractivity contribution is -0.131. The Morgan fingerprint density at radius 3 is 2.44 bits per heavy atom. The molecule has 0 bridgehead atoms. The summed E-state index contributed by atoms with van der Waals surface area (Å²) in [6.45, 7) is 1.34. The third kappa shape index (κ3) is 3.20. The molecule has 0 spiro atoms. The monoisotopic (exact) mass is 282 g/mol. The standard InChI is InChI=1S/C11H11BrN2O2/c1-7(15)16-9-4-2-8(3-5-9)11(14)10(12)6-13/h2-6,13H,14H2,1H3. The average Bonchev–Trinajstić information content (AvgIpc) is 2.27.